The van der Waals surface area contributed by atoms with Gasteiger partial charge in [-0.1, -0.05) is 36.4 Å². The predicted molar refractivity (Wildman–Crippen MR) is 92.7 cm³/mol. The minimum Gasteiger partial charge on any atom is -0.468 e. The molecule has 26 heavy (non-hydrogen) atoms. The van der Waals surface area contributed by atoms with Gasteiger partial charge < -0.3 is 9.64 Å². The Bertz CT molecular complexity index is 755. The van der Waals surface area contributed by atoms with Gasteiger partial charge in [-0.15, -0.1) is 0 Å². The molecule has 1 atom stereocenters. The number of nitrogens with zero attached hydrogens (tertiary/aromatic N) is 2. The Hall–Kier alpha value is -2.28. The first-order chi connectivity index (χ1) is 12.1. The Morgan fingerprint density at radius 3 is 2.69 bits per heavy atom. The zero-order chi connectivity index (χ0) is 19.5. The monoisotopic (exact) mass is 386 g/mol. The van der Waals surface area contributed by atoms with Crippen molar-refractivity contribution in [3.8, 4) is 5.88 Å². The van der Waals surface area contributed by atoms with Gasteiger partial charge in [0, 0.05) is 35.0 Å². The minimum atomic E-state index is -4.43. The molecular formula is C18H18ClF3N2O2. The summed E-state index contributed by atoms with van der Waals surface area (Å²) in [7, 11) is 0. The van der Waals surface area contributed by atoms with Crippen LogP contribution in [0.25, 0.3) is 0 Å². The van der Waals surface area contributed by atoms with Crippen molar-refractivity contribution in [1.29, 1.82) is 0 Å². The summed E-state index contributed by atoms with van der Waals surface area (Å²) < 4.78 is 41.1. The van der Waals surface area contributed by atoms with Gasteiger partial charge in [0.15, 0.2) is 6.61 Å². The molecule has 2 heterocycles. The van der Waals surface area contributed by atoms with E-state index in [4.69, 9.17) is 11.6 Å². The van der Waals surface area contributed by atoms with Crippen LogP contribution in [0.4, 0.5) is 13.2 Å². The summed E-state index contributed by atoms with van der Waals surface area (Å²) in [5, 5.41) is 0.301. The van der Waals surface area contributed by atoms with Gasteiger partial charge in [-0.25, -0.2) is 4.98 Å². The normalized spacial score (nSPS) is 16.5. The number of amides is 1. The molecule has 140 valence electrons. The number of rotatable bonds is 6. The fraction of sp³-hybridized carbons (Fsp3) is 0.333. The quantitative estimate of drug-likeness (QED) is 0.720. The topological polar surface area (TPSA) is 42.4 Å². The van der Waals surface area contributed by atoms with E-state index in [1.54, 1.807) is 37.0 Å². The number of hydrogen-bond donors (Lipinski definition) is 0. The third-order valence-corrected chi connectivity index (χ3v) is 4.13. The molecule has 1 aromatic rings. The van der Waals surface area contributed by atoms with E-state index in [1.165, 1.54) is 12.3 Å². The highest BCUT2D eigenvalue weighted by molar-refractivity contribution is 6.32. The SMILES string of the molecule is C=C(Cl)C1=C(/C=C\C)C(=O)N(C(C)c2ccc(OCC(F)(F)F)nc2)C1. The molecule has 0 saturated carbocycles. The van der Waals surface area contributed by atoms with Crippen LogP contribution < -0.4 is 4.74 Å². The standard InChI is InChI=1S/C18H18ClF3N2O2/c1-4-5-14-15(11(2)19)9-24(17(14)25)12(3)13-6-7-16(23-8-13)26-10-18(20,21)22/h4-8,12H,2,9-10H2,1,3H3/b5-4-. The lowest BCUT2D eigenvalue weighted by Gasteiger charge is -2.25. The maximum absolute atomic E-state index is 12.7. The Morgan fingerprint density at radius 1 is 1.50 bits per heavy atom. The molecule has 1 aliphatic heterocycles. The van der Waals surface area contributed by atoms with Crippen molar-refractivity contribution in [3.05, 3.63) is 58.8 Å². The molecule has 1 aliphatic rings. The summed E-state index contributed by atoms with van der Waals surface area (Å²) in [4.78, 5) is 18.1. The molecule has 2 rings (SSSR count). The molecule has 0 saturated heterocycles. The van der Waals surface area contributed by atoms with Crippen LogP contribution in [0, 0.1) is 0 Å². The fourth-order valence-electron chi connectivity index (χ4n) is 2.55. The van der Waals surface area contributed by atoms with E-state index in [1.807, 2.05) is 0 Å². The number of allylic oxidation sites excluding steroid dienone is 1. The van der Waals surface area contributed by atoms with Gasteiger partial charge in [-0.05, 0) is 19.4 Å². The van der Waals surface area contributed by atoms with Gasteiger partial charge in [0.1, 0.15) is 0 Å². The molecule has 0 fully saturated rings. The Morgan fingerprint density at radius 2 is 2.19 bits per heavy atom. The van der Waals surface area contributed by atoms with Crippen LogP contribution in [-0.2, 0) is 4.79 Å². The average molecular weight is 387 g/mol. The van der Waals surface area contributed by atoms with Crippen molar-refractivity contribution in [1.82, 2.24) is 9.88 Å². The minimum absolute atomic E-state index is 0.131. The molecule has 0 N–H and O–H groups in total. The van der Waals surface area contributed by atoms with Crippen molar-refractivity contribution >= 4 is 17.5 Å². The second-order valence-corrected chi connectivity index (χ2v) is 6.20. The zero-order valence-corrected chi connectivity index (χ0v) is 15.1. The van der Waals surface area contributed by atoms with Crippen LogP contribution in [-0.4, -0.2) is 35.1 Å². The number of ether oxygens (including phenoxy) is 1. The number of hydrogen-bond acceptors (Lipinski definition) is 3. The van der Waals surface area contributed by atoms with Gasteiger partial charge in [-0.2, -0.15) is 13.2 Å². The molecule has 1 amide bonds. The summed E-state index contributed by atoms with van der Waals surface area (Å²) >= 11 is 6.00. The first-order valence-corrected chi connectivity index (χ1v) is 8.19. The van der Waals surface area contributed by atoms with Crippen molar-refractivity contribution in [2.45, 2.75) is 26.1 Å². The van der Waals surface area contributed by atoms with Crippen LogP contribution in [0.15, 0.2) is 53.2 Å². The van der Waals surface area contributed by atoms with Gasteiger partial charge in [0.05, 0.1) is 6.04 Å². The Balaban J connectivity index is 2.13. The lowest BCUT2D eigenvalue weighted by atomic mass is 10.1. The van der Waals surface area contributed by atoms with Gasteiger partial charge in [-0.3, -0.25) is 4.79 Å². The van der Waals surface area contributed by atoms with E-state index >= 15 is 0 Å². The van der Waals surface area contributed by atoms with E-state index in [0.717, 1.165) is 0 Å². The number of pyridine rings is 1. The highest BCUT2D eigenvalue weighted by Gasteiger charge is 2.33. The van der Waals surface area contributed by atoms with Crippen molar-refractivity contribution < 1.29 is 22.7 Å². The Kier molecular flexibility index (Phi) is 6.13. The predicted octanol–water partition coefficient (Wildman–Crippen LogP) is 4.55. The molecule has 0 radical (unpaired) electrons. The summed E-state index contributed by atoms with van der Waals surface area (Å²) in [6, 6.07) is 2.58. The molecule has 0 bridgehead atoms. The first-order valence-electron chi connectivity index (χ1n) is 7.81. The van der Waals surface area contributed by atoms with Crippen LogP contribution >= 0.6 is 11.6 Å². The lowest BCUT2D eigenvalue weighted by molar-refractivity contribution is -0.154. The lowest BCUT2D eigenvalue weighted by Crippen LogP contribution is -2.30. The van der Waals surface area contributed by atoms with Crippen molar-refractivity contribution in [2.24, 2.45) is 0 Å². The van der Waals surface area contributed by atoms with E-state index < -0.39 is 12.8 Å². The third-order valence-electron chi connectivity index (χ3n) is 3.90. The number of aromatic nitrogens is 1. The third kappa shape index (κ3) is 4.66. The number of alkyl halides is 3. The largest absolute Gasteiger partial charge is 0.468 e. The number of carbonyl (C=O) groups is 1. The number of carbonyl (C=O) groups excluding carboxylic acids is 1. The molecule has 0 aromatic carbocycles. The van der Waals surface area contributed by atoms with E-state index in [0.29, 0.717) is 28.3 Å². The smallest absolute Gasteiger partial charge is 0.422 e. The van der Waals surface area contributed by atoms with Crippen LogP contribution in [0.2, 0.25) is 0 Å². The number of halogens is 4. The van der Waals surface area contributed by atoms with Gasteiger partial charge in [0.25, 0.3) is 5.91 Å². The average Bonchev–Trinajstić information content (AvgIpc) is 2.90. The summed E-state index contributed by atoms with van der Waals surface area (Å²) in [6.45, 7) is 6.19. The van der Waals surface area contributed by atoms with Gasteiger partial charge in [0.2, 0.25) is 5.88 Å². The second kappa shape index (κ2) is 7.95. The van der Waals surface area contributed by atoms with E-state index in [9.17, 15) is 18.0 Å². The fourth-order valence-corrected chi connectivity index (χ4v) is 2.72. The maximum Gasteiger partial charge on any atom is 0.422 e. The summed E-state index contributed by atoms with van der Waals surface area (Å²) in [5.41, 5.74) is 1.80. The van der Waals surface area contributed by atoms with Crippen LogP contribution in [0.3, 0.4) is 0 Å². The van der Waals surface area contributed by atoms with Crippen LogP contribution in [0.1, 0.15) is 25.5 Å². The Labute approximate surface area is 154 Å². The molecule has 8 heteroatoms. The highest BCUT2D eigenvalue weighted by atomic mass is 35.5. The second-order valence-electron chi connectivity index (χ2n) is 5.74. The molecule has 1 aromatic heterocycles. The van der Waals surface area contributed by atoms with E-state index in [2.05, 4.69) is 16.3 Å². The molecule has 4 nitrogen and oxygen atoms in total. The molecular weight excluding hydrogens is 369 g/mol. The zero-order valence-electron chi connectivity index (χ0n) is 14.3. The first kappa shape index (κ1) is 20.0. The summed E-state index contributed by atoms with van der Waals surface area (Å²) in [5.74, 6) is -0.321. The molecule has 0 aliphatic carbocycles. The molecule has 1 unspecified atom stereocenters. The van der Waals surface area contributed by atoms with Crippen molar-refractivity contribution in [3.63, 3.8) is 0 Å². The highest BCUT2D eigenvalue weighted by Crippen LogP contribution is 2.33. The van der Waals surface area contributed by atoms with E-state index in [-0.39, 0.29) is 17.8 Å². The van der Waals surface area contributed by atoms with Crippen LogP contribution in [0.5, 0.6) is 5.88 Å². The van der Waals surface area contributed by atoms with Crippen molar-refractivity contribution in [2.75, 3.05) is 13.2 Å². The molecule has 0 spiro atoms. The van der Waals surface area contributed by atoms with Gasteiger partial charge >= 0.3 is 6.18 Å². The maximum atomic E-state index is 12.7. The summed E-state index contributed by atoms with van der Waals surface area (Å²) in [6.07, 6.45) is 0.400.